The average Bonchev–Trinajstić information content (AvgIpc) is 2.44. The van der Waals surface area contributed by atoms with Gasteiger partial charge in [0.05, 0.1) is 7.11 Å². The summed E-state index contributed by atoms with van der Waals surface area (Å²) < 4.78 is 9.35. The standard InChI is InChI=1S/C13H19N3O4/c1-16(2)10-6-4-5-9(7-10)8-20-13(18)15-11(14)12(17)19-3/h4-7,11H,8,14H2,1-3H3,(H,15,18). The Bertz CT molecular complexity index is 476. The summed E-state index contributed by atoms with van der Waals surface area (Å²) in [6.45, 7) is 0.0847. The zero-order valence-corrected chi connectivity index (χ0v) is 11.8. The molecular formula is C13H19N3O4. The summed E-state index contributed by atoms with van der Waals surface area (Å²) in [5.74, 6) is -0.739. The Morgan fingerprint density at radius 2 is 2.10 bits per heavy atom. The van der Waals surface area contributed by atoms with Crippen LogP contribution in [0.15, 0.2) is 24.3 Å². The summed E-state index contributed by atoms with van der Waals surface area (Å²) in [6.07, 6.45) is -2.02. The molecular weight excluding hydrogens is 262 g/mol. The maximum absolute atomic E-state index is 11.4. The van der Waals surface area contributed by atoms with Crippen molar-refractivity contribution in [2.45, 2.75) is 12.8 Å². The second-order valence-electron chi connectivity index (χ2n) is 4.29. The summed E-state index contributed by atoms with van der Waals surface area (Å²) in [4.78, 5) is 24.4. The summed E-state index contributed by atoms with van der Waals surface area (Å²) >= 11 is 0. The van der Waals surface area contributed by atoms with E-state index in [1.54, 1.807) is 0 Å². The normalized spacial score (nSPS) is 11.4. The van der Waals surface area contributed by atoms with E-state index in [9.17, 15) is 9.59 Å². The lowest BCUT2D eigenvalue weighted by molar-refractivity contribution is -0.142. The number of benzene rings is 1. The molecule has 0 saturated heterocycles. The first-order valence-electron chi connectivity index (χ1n) is 5.97. The summed E-state index contributed by atoms with van der Waals surface area (Å²) in [6, 6.07) is 7.54. The minimum Gasteiger partial charge on any atom is -0.466 e. The van der Waals surface area contributed by atoms with E-state index in [1.807, 2.05) is 43.3 Å². The molecule has 0 heterocycles. The molecule has 7 nitrogen and oxygen atoms in total. The molecule has 0 fully saturated rings. The highest BCUT2D eigenvalue weighted by Crippen LogP contribution is 2.13. The van der Waals surface area contributed by atoms with E-state index in [4.69, 9.17) is 10.5 Å². The molecule has 0 aliphatic rings. The quantitative estimate of drug-likeness (QED) is 0.600. The molecule has 1 amide bonds. The zero-order valence-electron chi connectivity index (χ0n) is 11.8. The van der Waals surface area contributed by atoms with Gasteiger partial charge in [-0.05, 0) is 17.7 Å². The molecule has 0 bridgehead atoms. The third kappa shape index (κ3) is 4.77. The van der Waals surface area contributed by atoms with E-state index in [0.717, 1.165) is 11.3 Å². The van der Waals surface area contributed by atoms with Gasteiger partial charge in [0.25, 0.3) is 0 Å². The summed E-state index contributed by atoms with van der Waals surface area (Å²) in [5.41, 5.74) is 7.20. The zero-order chi connectivity index (χ0) is 15.1. The molecule has 0 aromatic heterocycles. The van der Waals surface area contributed by atoms with Crippen molar-refractivity contribution in [2.75, 3.05) is 26.1 Å². The van der Waals surface area contributed by atoms with Gasteiger partial charge in [0.1, 0.15) is 6.61 Å². The molecule has 1 rings (SSSR count). The van der Waals surface area contributed by atoms with Gasteiger partial charge in [-0.15, -0.1) is 0 Å². The Kier molecular flexibility index (Phi) is 5.79. The lowest BCUT2D eigenvalue weighted by Crippen LogP contribution is -2.48. The highest BCUT2D eigenvalue weighted by molar-refractivity contribution is 5.80. The number of anilines is 1. The minimum atomic E-state index is -1.24. The molecule has 0 saturated carbocycles. The Balaban J connectivity index is 2.49. The van der Waals surface area contributed by atoms with Crippen molar-refractivity contribution < 1.29 is 19.1 Å². The number of ether oxygens (including phenoxy) is 2. The summed E-state index contributed by atoms with van der Waals surface area (Å²) in [5, 5.41) is 2.17. The van der Waals surface area contributed by atoms with E-state index >= 15 is 0 Å². The topological polar surface area (TPSA) is 93.9 Å². The molecule has 1 aromatic rings. The molecule has 110 valence electrons. The van der Waals surface area contributed by atoms with Crippen molar-refractivity contribution in [3.05, 3.63) is 29.8 Å². The SMILES string of the molecule is COC(=O)C(N)NC(=O)OCc1cccc(N(C)C)c1. The van der Waals surface area contributed by atoms with Crippen LogP contribution in [0, 0.1) is 0 Å². The van der Waals surface area contributed by atoms with E-state index in [-0.39, 0.29) is 6.61 Å². The van der Waals surface area contributed by atoms with Gasteiger partial charge in [-0.1, -0.05) is 12.1 Å². The number of alkyl carbamates (subject to hydrolysis) is 1. The van der Waals surface area contributed by atoms with Crippen molar-refractivity contribution in [2.24, 2.45) is 5.73 Å². The molecule has 0 aliphatic heterocycles. The molecule has 1 unspecified atom stereocenters. The van der Waals surface area contributed by atoms with Crippen LogP contribution >= 0.6 is 0 Å². The fourth-order valence-electron chi connectivity index (χ4n) is 1.43. The molecule has 1 aromatic carbocycles. The number of nitrogens with zero attached hydrogens (tertiary/aromatic N) is 1. The van der Waals surface area contributed by atoms with E-state index in [0.29, 0.717) is 0 Å². The maximum Gasteiger partial charge on any atom is 0.409 e. The van der Waals surface area contributed by atoms with Gasteiger partial charge in [0.2, 0.25) is 0 Å². The van der Waals surface area contributed by atoms with E-state index in [2.05, 4.69) is 10.1 Å². The average molecular weight is 281 g/mol. The number of esters is 1. The Morgan fingerprint density at radius 3 is 2.70 bits per heavy atom. The Morgan fingerprint density at radius 1 is 1.40 bits per heavy atom. The first kappa shape index (κ1) is 15.8. The molecule has 1 atom stereocenters. The summed E-state index contributed by atoms with van der Waals surface area (Å²) in [7, 11) is 5.02. The van der Waals surface area contributed by atoms with Crippen molar-refractivity contribution in [3.8, 4) is 0 Å². The van der Waals surface area contributed by atoms with Crippen LogP contribution in [0.2, 0.25) is 0 Å². The van der Waals surface area contributed by atoms with Gasteiger partial charge < -0.3 is 20.1 Å². The van der Waals surface area contributed by atoms with Crippen LogP contribution in [0.4, 0.5) is 10.5 Å². The highest BCUT2D eigenvalue weighted by Gasteiger charge is 2.16. The van der Waals surface area contributed by atoms with Gasteiger partial charge in [-0.2, -0.15) is 0 Å². The highest BCUT2D eigenvalue weighted by atomic mass is 16.6. The maximum atomic E-state index is 11.4. The van der Waals surface area contributed by atoms with Crippen LogP contribution in [0.3, 0.4) is 0 Å². The van der Waals surface area contributed by atoms with Crippen molar-refractivity contribution in [1.82, 2.24) is 5.32 Å². The molecule has 0 aliphatic carbocycles. The number of methoxy groups -OCH3 is 1. The van der Waals surface area contributed by atoms with Crippen LogP contribution in [0.5, 0.6) is 0 Å². The van der Waals surface area contributed by atoms with Crippen LogP contribution in [-0.4, -0.2) is 39.4 Å². The predicted molar refractivity (Wildman–Crippen MR) is 74.1 cm³/mol. The van der Waals surface area contributed by atoms with Crippen LogP contribution in [0.1, 0.15) is 5.56 Å². The number of hydrogen-bond acceptors (Lipinski definition) is 6. The van der Waals surface area contributed by atoms with Crippen molar-refractivity contribution in [3.63, 3.8) is 0 Å². The number of nitrogens with two attached hydrogens (primary N) is 1. The van der Waals surface area contributed by atoms with E-state index in [1.165, 1.54) is 7.11 Å². The van der Waals surface area contributed by atoms with Crippen molar-refractivity contribution in [1.29, 1.82) is 0 Å². The number of carbonyl (C=O) groups is 2. The van der Waals surface area contributed by atoms with Gasteiger partial charge >= 0.3 is 12.1 Å². The molecule has 0 spiro atoms. The van der Waals surface area contributed by atoms with Gasteiger partial charge in [0, 0.05) is 19.8 Å². The lowest BCUT2D eigenvalue weighted by atomic mass is 10.2. The largest absolute Gasteiger partial charge is 0.466 e. The fraction of sp³-hybridized carbons (Fsp3) is 0.385. The second kappa shape index (κ2) is 7.34. The molecule has 7 heteroatoms. The monoisotopic (exact) mass is 281 g/mol. The molecule has 0 radical (unpaired) electrons. The van der Waals surface area contributed by atoms with Crippen LogP contribution in [0.25, 0.3) is 0 Å². The van der Waals surface area contributed by atoms with Gasteiger partial charge in [-0.25, -0.2) is 9.59 Å². The van der Waals surface area contributed by atoms with E-state index < -0.39 is 18.2 Å². The number of hydrogen-bond donors (Lipinski definition) is 2. The van der Waals surface area contributed by atoms with Gasteiger partial charge in [0.15, 0.2) is 6.17 Å². The van der Waals surface area contributed by atoms with Crippen LogP contribution < -0.4 is 16.0 Å². The number of rotatable bonds is 5. The predicted octanol–water partition coefficient (Wildman–Crippen LogP) is 0.437. The number of amides is 1. The number of nitrogens with one attached hydrogen (secondary N) is 1. The Labute approximate surface area is 117 Å². The Hall–Kier alpha value is -2.28. The first-order valence-corrected chi connectivity index (χ1v) is 5.97. The lowest BCUT2D eigenvalue weighted by Gasteiger charge is -2.14. The van der Waals surface area contributed by atoms with Gasteiger partial charge in [-0.3, -0.25) is 5.32 Å². The fourth-order valence-corrected chi connectivity index (χ4v) is 1.43. The molecule has 3 N–H and O–H groups in total. The number of carbonyl (C=O) groups excluding carboxylic acids is 2. The van der Waals surface area contributed by atoms with Crippen LogP contribution in [-0.2, 0) is 20.9 Å². The van der Waals surface area contributed by atoms with Crippen molar-refractivity contribution >= 4 is 17.7 Å². The third-order valence-corrected chi connectivity index (χ3v) is 2.53. The molecule has 20 heavy (non-hydrogen) atoms. The smallest absolute Gasteiger partial charge is 0.409 e. The second-order valence-corrected chi connectivity index (χ2v) is 4.29. The third-order valence-electron chi connectivity index (χ3n) is 2.53. The minimum absolute atomic E-state index is 0.0847. The first-order chi connectivity index (χ1) is 9.43.